The Morgan fingerprint density at radius 1 is 1.14 bits per heavy atom. The van der Waals surface area contributed by atoms with E-state index in [2.05, 4.69) is 20.8 Å². The average Bonchev–Trinajstić information content (AvgIpc) is 3.48. The monoisotopic (exact) mass is 405 g/mol. The zero-order valence-electron chi connectivity index (χ0n) is 18.8. The van der Waals surface area contributed by atoms with Crippen LogP contribution < -0.4 is 10.5 Å². The van der Waals surface area contributed by atoms with Crippen LogP contribution in [-0.2, 0) is 6.42 Å². The van der Waals surface area contributed by atoms with Crippen LogP contribution in [0, 0.1) is 17.8 Å². The third-order valence-electron chi connectivity index (χ3n) is 6.22. The van der Waals surface area contributed by atoms with E-state index in [1.54, 1.807) is 6.07 Å². The van der Waals surface area contributed by atoms with Crippen LogP contribution >= 0.6 is 0 Å². The highest BCUT2D eigenvalue weighted by Gasteiger charge is 2.33. The molecular formula is C25H43NO3. The summed E-state index contributed by atoms with van der Waals surface area (Å²) >= 11 is 0. The Labute approximate surface area is 177 Å². The lowest BCUT2D eigenvalue weighted by Gasteiger charge is -2.27. The number of ether oxygens (including phenoxy) is 1. The third-order valence-corrected chi connectivity index (χ3v) is 6.22. The molecule has 0 saturated heterocycles. The average molecular weight is 406 g/mol. The standard InChI is InChI=1S/C25H43NO3/c1-19(2)6-4-7-20(3)8-5-15-29-24-12-11-21(16-23(24)28)13-14-25(26,18-27)17-22-9-10-22/h11-12,16,19-20,22,27-28H,4-10,13-15,17-18,26H2,1-3H3. The lowest BCUT2D eigenvalue weighted by atomic mass is 9.88. The summed E-state index contributed by atoms with van der Waals surface area (Å²) in [5, 5.41) is 20.0. The summed E-state index contributed by atoms with van der Waals surface area (Å²) in [6.45, 7) is 7.54. The normalized spacial score (nSPS) is 17.3. The molecule has 0 spiro atoms. The second kappa shape index (κ2) is 11.8. The Bertz CT molecular complexity index is 600. The molecule has 4 N–H and O–H groups in total. The molecule has 2 atom stereocenters. The molecule has 1 fully saturated rings. The molecule has 0 bridgehead atoms. The highest BCUT2D eigenvalue weighted by atomic mass is 16.5. The largest absolute Gasteiger partial charge is 0.504 e. The Kier molecular flexibility index (Phi) is 9.78. The van der Waals surface area contributed by atoms with Gasteiger partial charge in [-0.2, -0.15) is 0 Å². The first-order valence-electron chi connectivity index (χ1n) is 11.7. The number of hydrogen-bond acceptors (Lipinski definition) is 4. The number of benzene rings is 1. The van der Waals surface area contributed by atoms with E-state index in [-0.39, 0.29) is 12.4 Å². The number of aliphatic hydroxyl groups is 1. The van der Waals surface area contributed by atoms with E-state index >= 15 is 0 Å². The Balaban J connectivity index is 1.69. The molecule has 1 aliphatic rings. The van der Waals surface area contributed by atoms with Gasteiger partial charge in [0.05, 0.1) is 13.2 Å². The fourth-order valence-corrected chi connectivity index (χ4v) is 4.01. The van der Waals surface area contributed by atoms with Crippen LogP contribution in [0.4, 0.5) is 0 Å². The minimum absolute atomic E-state index is 0.0204. The fraction of sp³-hybridized carbons (Fsp3) is 0.760. The van der Waals surface area contributed by atoms with Crippen molar-refractivity contribution in [1.82, 2.24) is 0 Å². The molecule has 1 aromatic rings. The number of rotatable bonds is 15. The van der Waals surface area contributed by atoms with Gasteiger partial charge in [-0.1, -0.05) is 58.9 Å². The van der Waals surface area contributed by atoms with Gasteiger partial charge in [0.1, 0.15) is 0 Å². The van der Waals surface area contributed by atoms with Crippen molar-refractivity contribution in [2.45, 2.75) is 90.5 Å². The van der Waals surface area contributed by atoms with Gasteiger partial charge < -0.3 is 20.7 Å². The first kappa shape index (κ1) is 24.0. The first-order chi connectivity index (χ1) is 13.8. The number of aromatic hydroxyl groups is 1. The smallest absolute Gasteiger partial charge is 0.160 e. The molecule has 2 rings (SSSR count). The van der Waals surface area contributed by atoms with Crippen molar-refractivity contribution in [2.75, 3.05) is 13.2 Å². The van der Waals surface area contributed by atoms with E-state index in [0.717, 1.165) is 49.5 Å². The molecule has 0 heterocycles. The Hall–Kier alpha value is -1.26. The molecule has 4 nitrogen and oxygen atoms in total. The molecule has 0 amide bonds. The van der Waals surface area contributed by atoms with Crippen molar-refractivity contribution in [1.29, 1.82) is 0 Å². The van der Waals surface area contributed by atoms with E-state index in [9.17, 15) is 10.2 Å². The number of phenols is 1. The topological polar surface area (TPSA) is 75.7 Å². The summed E-state index contributed by atoms with van der Waals surface area (Å²) < 4.78 is 5.80. The second-order valence-corrected chi connectivity index (χ2v) is 9.89. The minimum Gasteiger partial charge on any atom is -0.504 e. The van der Waals surface area contributed by atoms with Crippen LogP contribution in [-0.4, -0.2) is 29.0 Å². The van der Waals surface area contributed by atoms with Gasteiger partial charge in [0.2, 0.25) is 0 Å². The van der Waals surface area contributed by atoms with Crippen LogP contribution in [0.2, 0.25) is 0 Å². The van der Waals surface area contributed by atoms with Crippen molar-refractivity contribution in [3.05, 3.63) is 23.8 Å². The van der Waals surface area contributed by atoms with Gasteiger partial charge in [-0.15, -0.1) is 0 Å². The molecule has 29 heavy (non-hydrogen) atoms. The molecule has 4 heteroatoms. The molecular weight excluding hydrogens is 362 g/mol. The summed E-state index contributed by atoms with van der Waals surface area (Å²) in [6, 6.07) is 5.63. The zero-order valence-corrected chi connectivity index (χ0v) is 18.8. The molecule has 1 aromatic carbocycles. The predicted molar refractivity (Wildman–Crippen MR) is 120 cm³/mol. The highest BCUT2D eigenvalue weighted by molar-refractivity contribution is 5.41. The van der Waals surface area contributed by atoms with Crippen LogP contribution in [0.3, 0.4) is 0 Å². The molecule has 1 saturated carbocycles. The van der Waals surface area contributed by atoms with Gasteiger partial charge in [-0.05, 0) is 67.6 Å². The molecule has 1 aliphatic carbocycles. The number of phenolic OH excluding ortho intramolecular Hbond substituents is 1. The van der Waals surface area contributed by atoms with Crippen LogP contribution in [0.15, 0.2) is 18.2 Å². The van der Waals surface area contributed by atoms with Gasteiger partial charge in [-0.25, -0.2) is 0 Å². The number of aliphatic hydroxyl groups excluding tert-OH is 1. The highest BCUT2D eigenvalue weighted by Crippen LogP contribution is 2.37. The number of aryl methyl sites for hydroxylation is 1. The Morgan fingerprint density at radius 3 is 2.48 bits per heavy atom. The predicted octanol–water partition coefficient (Wildman–Crippen LogP) is 5.44. The molecule has 166 valence electrons. The molecule has 0 aromatic heterocycles. The zero-order chi connectivity index (χ0) is 21.3. The van der Waals surface area contributed by atoms with Crippen molar-refractivity contribution in [3.63, 3.8) is 0 Å². The van der Waals surface area contributed by atoms with E-state index in [1.807, 2.05) is 12.1 Å². The van der Waals surface area contributed by atoms with E-state index < -0.39 is 5.54 Å². The Morgan fingerprint density at radius 2 is 1.86 bits per heavy atom. The minimum atomic E-state index is -0.502. The summed E-state index contributed by atoms with van der Waals surface area (Å²) in [6.07, 6.45) is 10.9. The SMILES string of the molecule is CC(C)CCCC(C)CCCOc1ccc(CCC(N)(CO)CC2CC2)cc1O. The van der Waals surface area contributed by atoms with Gasteiger partial charge in [0.25, 0.3) is 0 Å². The van der Waals surface area contributed by atoms with Gasteiger partial charge in [0.15, 0.2) is 11.5 Å². The lowest BCUT2D eigenvalue weighted by molar-refractivity contribution is 0.172. The van der Waals surface area contributed by atoms with Crippen molar-refractivity contribution in [2.24, 2.45) is 23.5 Å². The fourth-order valence-electron chi connectivity index (χ4n) is 4.01. The lowest BCUT2D eigenvalue weighted by Crippen LogP contribution is -2.44. The van der Waals surface area contributed by atoms with E-state index in [0.29, 0.717) is 18.3 Å². The van der Waals surface area contributed by atoms with Gasteiger partial charge in [-0.3, -0.25) is 0 Å². The van der Waals surface area contributed by atoms with Crippen LogP contribution in [0.25, 0.3) is 0 Å². The second-order valence-electron chi connectivity index (χ2n) is 9.89. The summed E-state index contributed by atoms with van der Waals surface area (Å²) in [7, 11) is 0. The van der Waals surface area contributed by atoms with Crippen LogP contribution in [0.1, 0.15) is 84.1 Å². The van der Waals surface area contributed by atoms with Gasteiger partial charge >= 0.3 is 0 Å². The maximum absolute atomic E-state index is 10.3. The maximum atomic E-state index is 10.3. The maximum Gasteiger partial charge on any atom is 0.160 e. The van der Waals surface area contributed by atoms with Crippen molar-refractivity contribution < 1.29 is 14.9 Å². The summed E-state index contributed by atoms with van der Waals surface area (Å²) in [5.41, 5.74) is 6.90. The first-order valence-corrected chi connectivity index (χ1v) is 11.7. The summed E-state index contributed by atoms with van der Waals surface area (Å²) in [5.74, 6) is 2.96. The van der Waals surface area contributed by atoms with E-state index in [4.69, 9.17) is 10.5 Å². The number of hydrogen-bond donors (Lipinski definition) is 3. The molecule has 2 unspecified atom stereocenters. The molecule has 0 radical (unpaired) electrons. The molecule has 0 aliphatic heterocycles. The van der Waals surface area contributed by atoms with E-state index in [1.165, 1.54) is 32.1 Å². The quantitative estimate of drug-likeness (QED) is 0.340. The third kappa shape index (κ3) is 9.39. The van der Waals surface area contributed by atoms with Crippen molar-refractivity contribution in [3.8, 4) is 11.5 Å². The summed E-state index contributed by atoms with van der Waals surface area (Å²) in [4.78, 5) is 0. The van der Waals surface area contributed by atoms with Crippen molar-refractivity contribution >= 4 is 0 Å². The van der Waals surface area contributed by atoms with Gasteiger partial charge in [0, 0.05) is 5.54 Å². The van der Waals surface area contributed by atoms with Crippen LogP contribution in [0.5, 0.6) is 11.5 Å². The number of nitrogens with two attached hydrogens (primary N) is 1.